The predicted molar refractivity (Wildman–Crippen MR) is 45.6 cm³/mol. The van der Waals surface area contributed by atoms with Crippen LogP contribution < -0.4 is 10.5 Å². The van der Waals surface area contributed by atoms with Crippen LogP contribution in [0, 0.1) is 0 Å². The van der Waals surface area contributed by atoms with Gasteiger partial charge >= 0.3 is 0 Å². The minimum atomic E-state index is -4.00. The maximum atomic E-state index is 11.0. The number of carbonyl (C=O) groups excluding carboxylic acids is 1. The Kier molecular flexibility index (Phi) is 1.65. The third-order valence-electron chi connectivity index (χ3n) is 0.870. The Bertz CT molecular complexity index is 507. The molecule has 7 nitrogen and oxygen atoms in total. The lowest BCUT2D eigenvalue weighted by Gasteiger charge is -1.90. The molecule has 1 rings (SSSR count). The molecule has 1 amide bonds. The second-order valence-corrected chi connectivity index (χ2v) is 4.58. The number of nitrogens with two attached hydrogens (primary N) is 1. The molecule has 0 aliphatic heterocycles. The summed E-state index contributed by atoms with van der Waals surface area (Å²) in [7, 11) is -4.00. The molecule has 0 bridgehead atoms. The molecule has 13 heavy (non-hydrogen) atoms. The first kappa shape index (κ1) is 6.40. The summed E-state index contributed by atoms with van der Waals surface area (Å²) in [6.07, 6.45) is 0. The van der Waals surface area contributed by atoms with E-state index in [0.29, 0.717) is 11.3 Å². The van der Waals surface area contributed by atoms with Gasteiger partial charge in [0, 0.05) is 11.0 Å². The van der Waals surface area contributed by atoms with Crippen molar-refractivity contribution in [1.29, 1.82) is 0 Å². The molecule has 0 saturated heterocycles. The fourth-order valence-corrected chi connectivity index (χ4v) is 1.80. The van der Waals surface area contributed by atoms with E-state index in [2.05, 4.69) is 10.2 Å². The number of carbonyl (C=O) groups is 1. The van der Waals surface area contributed by atoms with Crippen molar-refractivity contribution in [2.75, 3.05) is 5.32 Å². The van der Waals surface area contributed by atoms with Gasteiger partial charge in [-0.2, -0.15) is 0 Å². The van der Waals surface area contributed by atoms with Gasteiger partial charge in [-0.25, -0.2) is 13.6 Å². The lowest BCUT2D eigenvalue weighted by Crippen LogP contribution is -2.11. The summed E-state index contributed by atoms with van der Waals surface area (Å²) in [4.78, 5) is 11.0. The third kappa shape index (κ3) is 2.72. The van der Waals surface area contributed by atoms with Gasteiger partial charge in [0.25, 0.3) is 10.0 Å². The quantitative estimate of drug-likeness (QED) is 0.504. The molecule has 0 aromatic carbocycles. The van der Waals surface area contributed by atoms with Crippen LogP contribution in [0.3, 0.4) is 0 Å². The third-order valence-corrected chi connectivity index (χ3v) is 3.02. The van der Waals surface area contributed by atoms with Crippen LogP contribution in [0.2, 0.25) is 0 Å². The number of sulfonamides is 1. The monoisotopic (exact) mass is 227 g/mol. The van der Waals surface area contributed by atoms with Crippen molar-refractivity contribution in [1.82, 2.24) is 10.2 Å². The molecule has 1 aromatic rings. The lowest BCUT2D eigenvalue weighted by molar-refractivity contribution is -0.114. The van der Waals surface area contributed by atoms with E-state index in [1.54, 1.807) is 0 Å². The molecule has 0 unspecified atom stereocenters. The number of aromatic nitrogens is 2. The van der Waals surface area contributed by atoms with Crippen molar-refractivity contribution < 1.29 is 17.3 Å². The first-order valence-electron chi connectivity index (χ1n) is 4.28. The molecule has 0 aliphatic carbocycles. The van der Waals surface area contributed by atoms with Crippen LogP contribution in [0.25, 0.3) is 0 Å². The van der Waals surface area contributed by atoms with Gasteiger partial charge in [0.2, 0.25) is 15.4 Å². The van der Waals surface area contributed by atoms with Gasteiger partial charge in [0.15, 0.2) is 0 Å². The smallest absolute Gasteiger partial charge is 0.267 e. The minimum absolute atomic E-state index is 0.245. The Labute approximate surface area is 82.2 Å². The van der Waals surface area contributed by atoms with Crippen LogP contribution in [0.4, 0.5) is 5.13 Å². The maximum Gasteiger partial charge on any atom is 0.267 e. The van der Waals surface area contributed by atoms with E-state index in [9.17, 15) is 13.2 Å². The SMILES string of the molecule is [2H][13C]([2H])([2H])[13C](=O)Nc1nnc(S(N)(=O)=O)s1. The van der Waals surface area contributed by atoms with E-state index < -0.39 is 27.1 Å². The van der Waals surface area contributed by atoms with Gasteiger partial charge in [0.05, 0.1) is 0 Å². The van der Waals surface area contributed by atoms with Crippen LogP contribution in [-0.4, -0.2) is 24.5 Å². The summed E-state index contributed by atoms with van der Waals surface area (Å²) in [6, 6.07) is 0. The Morgan fingerprint density at radius 2 is 2.38 bits per heavy atom. The largest absolute Gasteiger partial charge is 0.301 e. The highest BCUT2D eigenvalue weighted by atomic mass is 32.2. The van der Waals surface area contributed by atoms with E-state index in [-0.39, 0.29) is 5.13 Å². The Morgan fingerprint density at radius 3 is 2.85 bits per heavy atom. The molecule has 0 atom stereocenters. The molecule has 0 fully saturated rings. The molecule has 1 heterocycles. The zero-order valence-corrected chi connectivity index (χ0v) is 7.65. The number of hydrogen-bond acceptors (Lipinski definition) is 6. The summed E-state index contributed by atoms with van der Waals surface area (Å²) < 4.78 is 41.3. The summed E-state index contributed by atoms with van der Waals surface area (Å²) in [6.45, 7) is -2.84. The molecule has 72 valence electrons. The number of primary sulfonamides is 1. The van der Waals surface area contributed by atoms with Gasteiger partial charge in [0.1, 0.15) is 0 Å². The zero-order valence-electron chi connectivity index (χ0n) is 9.01. The maximum absolute atomic E-state index is 11.0. The van der Waals surface area contributed by atoms with Crippen molar-refractivity contribution in [2.24, 2.45) is 5.14 Å². The van der Waals surface area contributed by atoms with E-state index in [4.69, 9.17) is 9.25 Å². The van der Waals surface area contributed by atoms with Gasteiger partial charge in [-0.1, -0.05) is 11.3 Å². The van der Waals surface area contributed by atoms with Gasteiger partial charge < -0.3 is 5.32 Å². The highest BCUT2D eigenvalue weighted by Crippen LogP contribution is 2.17. The Hall–Kier alpha value is -1.06. The Balaban J connectivity index is 2.86. The molecular weight excluding hydrogens is 218 g/mol. The second kappa shape index (κ2) is 3.36. The molecule has 0 radical (unpaired) electrons. The normalized spacial score (nSPS) is 15.6. The molecule has 0 spiro atoms. The van der Waals surface area contributed by atoms with Crippen LogP contribution in [0.5, 0.6) is 0 Å². The number of hydrogen-bond donors (Lipinski definition) is 2. The van der Waals surface area contributed by atoms with Crippen LogP contribution in [0.15, 0.2) is 4.34 Å². The summed E-state index contributed by atoms with van der Waals surface area (Å²) >= 11 is 0.467. The average Bonchev–Trinajstić information content (AvgIpc) is 2.49. The van der Waals surface area contributed by atoms with Crippen LogP contribution >= 0.6 is 11.3 Å². The van der Waals surface area contributed by atoms with E-state index in [1.165, 1.54) is 0 Å². The number of nitrogens with zero attached hydrogens (tertiary/aromatic N) is 2. The zero-order chi connectivity index (χ0) is 12.6. The molecular formula is C4H6N4O3S2. The number of nitrogens with one attached hydrogen (secondary N) is 1. The fourth-order valence-electron chi connectivity index (χ4n) is 0.472. The standard InChI is InChI=1S/C4H6N4O3S2/c1-2(9)6-3-7-8-4(12-3)13(5,10)11/h1H3,(H2,5,10,11)(H,6,7,9)/i1+1D3,2+1. The second-order valence-electron chi connectivity index (χ2n) is 1.87. The highest BCUT2D eigenvalue weighted by molar-refractivity contribution is 7.91. The topological polar surface area (TPSA) is 115 Å². The minimum Gasteiger partial charge on any atom is -0.301 e. The van der Waals surface area contributed by atoms with Crippen molar-refractivity contribution in [3.63, 3.8) is 0 Å². The Morgan fingerprint density at radius 1 is 1.69 bits per heavy atom. The first-order valence-corrected chi connectivity index (χ1v) is 5.15. The number of rotatable bonds is 2. The van der Waals surface area contributed by atoms with Gasteiger partial charge in [-0.15, -0.1) is 10.2 Å². The number of amides is 1. The predicted octanol–water partition coefficient (Wildman–Crippen LogP) is -0.856. The number of anilines is 1. The van der Waals surface area contributed by atoms with Crippen molar-refractivity contribution in [2.45, 2.75) is 11.2 Å². The van der Waals surface area contributed by atoms with Crippen molar-refractivity contribution in [3.8, 4) is 0 Å². The molecule has 1 aromatic heterocycles. The van der Waals surface area contributed by atoms with E-state index in [0.717, 1.165) is 0 Å². The van der Waals surface area contributed by atoms with E-state index in [1.807, 2.05) is 5.32 Å². The molecule has 9 heteroatoms. The molecule has 3 N–H and O–H groups in total. The van der Waals surface area contributed by atoms with Crippen molar-refractivity contribution >= 4 is 32.4 Å². The summed E-state index contributed by atoms with van der Waals surface area (Å²) in [5, 5.41) is 12.8. The summed E-state index contributed by atoms with van der Waals surface area (Å²) in [5.74, 6) is -1.27. The lowest BCUT2D eigenvalue weighted by atomic mass is 11.2. The van der Waals surface area contributed by atoms with Crippen molar-refractivity contribution in [3.05, 3.63) is 0 Å². The van der Waals surface area contributed by atoms with Crippen LogP contribution in [-0.2, 0) is 14.8 Å². The van der Waals surface area contributed by atoms with E-state index >= 15 is 0 Å². The molecule has 0 saturated carbocycles. The van der Waals surface area contributed by atoms with Gasteiger partial charge in [-0.05, 0) is 0 Å². The van der Waals surface area contributed by atoms with Crippen LogP contribution in [0.1, 0.15) is 11.0 Å². The molecule has 0 aliphatic rings. The first-order chi connectivity index (χ1) is 7.10. The highest BCUT2D eigenvalue weighted by Gasteiger charge is 2.15. The van der Waals surface area contributed by atoms with Gasteiger partial charge in [-0.3, -0.25) is 4.79 Å². The summed E-state index contributed by atoms with van der Waals surface area (Å²) in [5.41, 5.74) is 0. The fraction of sp³-hybridized carbons (Fsp3) is 0.250. The average molecular weight is 227 g/mol.